The number of nitrogens with one attached hydrogen (secondary N) is 1. The summed E-state index contributed by atoms with van der Waals surface area (Å²) < 4.78 is 35.9. The number of carbonyl (C=O) groups is 1. The lowest BCUT2D eigenvalue weighted by molar-refractivity contribution is -0.122. The van der Waals surface area contributed by atoms with Crippen molar-refractivity contribution < 1.29 is 22.7 Å². The van der Waals surface area contributed by atoms with Gasteiger partial charge in [0.05, 0.1) is 24.0 Å². The molecule has 10 heteroatoms. The van der Waals surface area contributed by atoms with Gasteiger partial charge in [-0.25, -0.2) is 8.42 Å². The Hall–Kier alpha value is -1.06. The summed E-state index contributed by atoms with van der Waals surface area (Å²) >= 11 is 11.7. The van der Waals surface area contributed by atoms with Gasteiger partial charge >= 0.3 is 0 Å². The van der Waals surface area contributed by atoms with Crippen LogP contribution in [0.15, 0.2) is 18.2 Å². The van der Waals surface area contributed by atoms with E-state index in [0.29, 0.717) is 42.1 Å². The number of benzene rings is 1. The van der Waals surface area contributed by atoms with Crippen molar-refractivity contribution in [3.05, 3.63) is 28.2 Å². The van der Waals surface area contributed by atoms with Crippen molar-refractivity contribution in [3.8, 4) is 5.75 Å². The average molecular weight is 397 g/mol. The van der Waals surface area contributed by atoms with Crippen LogP contribution >= 0.6 is 23.2 Å². The fourth-order valence-electron chi connectivity index (χ4n) is 2.06. The molecule has 0 aliphatic carbocycles. The molecule has 0 bridgehead atoms. The molecule has 1 aromatic carbocycles. The molecule has 24 heavy (non-hydrogen) atoms. The number of morpholine rings is 1. The van der Waals surface area contributed by atoms with Crippen molar-refractivity contribution in [2.24, 2.45) is 0 Å². The van der Waals surface area contributed by atoms with Crippen LogP contribution in [0.25, 0.3) is 0 Å². The number of hydrogen-bond donors (Lipinski definition) is 1. The summed E-state index contributed by atoms with van der Waals surface area (Å²) in [6, 6.07) is 4.65. The predicted octanol–water partition coefficient (Wildman–Crippen LogP) is 1.15. The third kappa shape index (κ3) is 5.78. The molecule has 0 atom stereocenters. The smallest absolute Gasteiger partial charge is 0.257 e. The Labute approximate surface area is 150 Å². The first-order valence-electron chi connectivity index (χ1n) is 7.28. The van der Waals surface area contributed by atoms with Gasteiger partial charge in [0.1, 0.15) is 5.75 Å². The Kier molecular flexibility index (Phi) is 7.12. The molecular weight excluding hydrogens is 379 g/mol. The Morgan fingerprint density at radius 1 is 1.29 bits per heavy atom. The molecule has 1 fully saturated rings. The molecule has 134 valence electrons. The van der Waals surface area contributed by atoms with E-state index in [1.54, 1.807) is 12.1 Å². The molecule has 1 N–H and O–H groups in total. The van der Waals surface area contributed by atoms with Gasteiger partial charge in [-0.2, -0.15) is 4.31 Å². The minimum atomic E-state index is -3.40. The second-order valence-electron chi connectivity index (χ2n) is 5.04. The first-order valence-corrected chi connectivity index (χ1v) is 9.65. The number of halogens is 2. The zero-order chi connectivity index (χ0) is 17.6. The first kappa shape index (κ1) is 19.3. The van der Waals surface area contributed by atoms with Crippen LogP contribution in [-0.2, 0) is 19.6 Å². The molecule has 1 aliphatic heterocycles. The van der Waals surface area contributed by atoms with Gasteiger partial charge < -0.3 is 14.8 Å². The van der Waals surface area contributed by atoms with Crippen molar-refractivity contribution in [1.82, 2.24) is 9.62 Å². The van der Waals surface area contributed by atoms with Crippen LogP contribution in [0.3, 0.4) is 0 Å². The summed E-state index contributed by atoms with van der Waals surface area (Å²) in [7, 11) is -3.40. The highest BCUT2D eigenvalue weighted by atomic mass is 35.5. The maximum atomic E-state index is 12.1. The summed E-state index contributed by atoms with van der Waals surface area (Å²) in [6.45, 7) is 1.21. The molecular formula is C14H18Cl2N2O5S. The topological polar surface area (TPSA) is 84.9 Å². The molecule has 1 aromatic rings. The molecule has 0 spiro atoms. The van der Waals surface area contributed by atoms with Crippen molar-refractivity contribution in [2.75, 3.05) is 45.2 Å². The van der Waals surface area contributed by atoms with Crippen molar-refractivity contribution in [2.45, 2.75) is 0 Å². The van der Waals surface area contributed by atoms with E-state index in [9.17, 15) is 13.2 Å². The van der Waals surface area contributed by atoms with E-state index in [-0.39, 0.29) is 18.9 Å². The van der Waals surface area contributed by atoms with E-state index in [1.165, 1.54) is 10.4 Å². The van der Waals surface area contributed by atoms with Crippen LogP contribution in [-0.4, -0.2) is 63.8 Å². The lowest BCUT2D eigenvalue weighted by atomic mass is 10.3. The molecule has 1 heterocycles. The number of ether oxygens (including phenoxy) is 2. The van der Waals surface area contributed by atoms with Crippen LogP contribution < -0.4 is 10.1 Å². The molecule has 0 radical (unpaired) electrons. The molecule has 0 saturated carbocycles. The molecule has 1 saturated heterocycles. The van der Waals surface area contributed by atoms with Crippen molar-refractivity contribution in [1.29, 1.82) is 0 Å². The summed E-state index contributed by atoms with van der Waals surface area (Å²) in [5, 5.41) is 3.27. The van der Waals surface area contributed by atoms with E-state index in [2.05, 4.69) is 5.32 Å². The van der Waals surface area contributed by atoms with Gasteiger partial charge in [-0.3, -0.25) is 4.79 Å². The number of nitrogens with zero attached hydrogens (tertiary/aromatic N) is 1. The third-order valence-corrected chi connectivity index (χ3v) is 5.70. The zero-order valence-corrected chi connectivity index (χ0v) is 15.2. The van der Waals surface area contributed by atoms with E-state index in [0.717, 1.165) is 0 Å². The summed E-state index contributed by atoms with van der Waals surface area (Å²) in [4.78, 5) is 11.7. The molecule has 0 unspecified atom stereocenters. The highest BCUT2D eigenvalue weighted by molar-refractivity contribution is 7.89. The van der Waals surface area contributed by atoms with Crippen LogP contribution in [0.2, 0.25) is 10.0 Å². The maximum Gasteiger partial charge on any atom is 0.257 e. The van der Waals surface area contributed by atoms with Crippen molar-refractivity contribution in [3.63, 3.8) is 0 Å². The minimum Gasteiger partial charge on any atom is -0.482 e. The normalized spacial score (nSPS) is 15.9. The highest BCUT2D eigenvalue weighted by Gasteiger charge is 2.23. The molecule has 1 aliphatic rings. The van der Waals surface area contributed by atoms with Gasteiger partial charge in [-0.05, 0) is 18.2 Å². The largest absolute Gasteiger partial charge is 0.482 e. The van der Waals surface area contributed by atoms with Gasteiger partial charge in [-0.15, -0.1) is 0 Å². The van der Waals surface area contributed by atoms with E-state index >= 15 is 0 Å². The fourth-order valence-corrected chi connectivity index (χ4v) is 3.85. The van der Waals surface area contributed by atoms with Gasteiger partial charge in [-0.1, -0.05) is 23.2 Å². The highest BCUT2D eigenvalue weighted by Crippen LogP contribution is 2.27. The molecule has 1 amide bonds. The monoisotopic (exact) mass is 396 g/mol. The van der Waals surface area contributed by atoms with Gasteiger partial charge in [0.25, 0.3) is 5.91 Å². The lowest BCUT2D eigenvalue weighted by Crippen LogP contribution is -2.44. The predicted molar refractivity (Wildman–Crippen MR) is 91.1 cm³/mol. The Bertz CT molecular complexity index is 678. The first-order chi connectivity index (χ1) is 11.4. The van der Waals surface area contributed by atoms with E-state index in [1.807, 2.05) is 0 Å². The number of sulfonamides is 1. The average Bonchev–Trinajstić information content (AvgIpc) is 2.55. The van der Waals surface area contributed by atoms with Gasteiger partial charge in [0, 0.05) is 24.7 Å². The second-order valence-corrected chi connectivity index (χ2v) is 7.97. The number of amides is 1. The Morgan fingerprint density at radius 2 is 2.00 bits per heavy atom. The third-order valence-electron chi connectivity index (χ3n) is 3.30. The summed E-state index contributed by atoms with van der Waals surface area (Å²) in [5.74, 6) is -0.268. The zero-order valence-electron chi connectivity index (χ0n) is 12.8. The van der Waals surface area contributed by atoms with Crippen LogP contribution in [0, 0.1) is 0 Å². The van der Waals surface area contributed by atoms with Crippen LogP contribution in [0.1, 0.15) is 0 Å². The fraction of sp³-hybridized carbons (Fsp3) is 0.500. The minimum absolute atomic E-state index is 0.0102. The summed E-state index contributed by atoms with van der Waals surface area (Å²) in [6.07, 6.45) is 0. The Balaban J connectivity index is 1.73. The molecule has 2 rings (SSSR count). The Morgan fingerprint density at radius 3 is 2.67 bits per heavy atom. The standard InChI is InChI=1S/C14H18Cl2N2O5S/c15-11-1-2-13(12(16)9-11)23-10-14(19)17-3-8-24(20,21)18-4-6-22-7-5-18/h1-2,9H,3-8,10H2,(H,17,19). The quantitative estimate of drug-likeness (QED) is 0.746. The maximum absolute atomic E-state index is 12.1. The van der Waals surface area contributed by atoms with Gasteiger partial charge in [0.15, 0.2) is 6.61 Å². The van der Waals surface area contributed by atoms with Crippen molar-refractivity contribution >= 4 is 39.1 Å². The number of carbonyl (C=O) groups excluding carboxylic acids is 1. The molecule has 7 nitrogen and oxygen atoms in total. The lowest BCUT2D eigenvalue weighted by Gasteiger charge is -2.26. The van der Waals surface area contributed by atoms with E-state index < -0.39 is 15.9 Å². The van der Waals surface area contributed by atoms with Gasteiger partial charge in [0.2, 0.25) is 10.0 Å². The van der Waals surface area contributed by atoms with Crippen LogP contribution in [0.4, 0.5) is 0 Å². The van der Waals surface area contributed by atoms with Crippen LogP contribution in [0.5, 0.6) is 5.75 Å². The molecule has 0 aromatic heterocycles. The number of hydrogen-bond acceptors (Lipinski definition) is 5. The summed E-state index contributed by atoms with van der Waals surface area (Å²) in [5.41, 5.74) is 0. The number of rotatable bonds is 7. The van der Waals surface area contributed by atoms with E-state index in [4.69, 9.17) is 32.7 Å². The SMILES string of the molecule is O=C(COc1ccc(Cl)cc1Cl)NCCS(=O)(=O)N1CCOCC1. The second kappa shape index (κ2) is 8.87.